The molecule has 20 heavy (non-hydrogen) atoms. The van der Waals surface area contributed by atoms with Gasteiger partial charge in [0.05, 0.1) is 18.0 Å². The average Bonchev–Trinajstić information content (AvgIpc) is 2.35. The first-order valence-electron chi connectivity index (χ1n) is 6.97. The van der Waals surface area contributed by atoms with Crippen molar-refractivity contribution in [3.05, 3.63) is 27.2 Å². The molecule has 0 saturated heterocycles. The largest absolute Gasteiger partial charge is 0.495 e. The molecule has 0 aliphatic heterocycles. The molecule has 0 aromatic heterocycles. The van der Waals surface area contributed by atoms with Gasteiger partial charge in [-0.1, -0.05) is 13.8 Å². The molecule has 0 atom stereocenters. The minimum absolute atomic E-state index is 0.103. The van der Waals surface area contributed by atoms with Crippen LogP contribution in [-0.4, -0.2) is 18.2 Å². The van der Waals surface area contributed by atoms with Crippen molar-refractivity contribution in [1.29, 1.82) is 0 Å². The number of benzene rings is 1. The molecule has 0 unspecified atom stereocenters. The summed E-state index contributed by atoms with van der Waals surface area (Å²) in [7, 11) is 1.65. The Labute approximate surface area is 128 Å². The summed E-state index contributed by atoms with van der Waals surface area (Å²) in [4.78, 5) is 11.2. The Morgan fingerprint density at radius 3 is 2.65 bits per heavy atom. The maximum atomic E-state index is 11.2. The molecule has 4 heteroatoms. The van der Waals surface area contributed by atoms with Gasteiger partial charge in [-0.3, -0.25) is 4.79 Å². The summed E-state index contributed by atoms with van der Waals surface area (Å²) in [5.74, 6) is 0.0125. The summed E-state index contributed by atoms with van der Waals surface area (Å²) < 4.78 is 6.50. The number of ether oxygens (including phenoxy) is 1. The lowest BCUT2D eigenvalue weighted by molar-refractivity contribution is -0.138. The SMILES string of the molecule is COc1c(Br)cc2c(c1C(C)(C)CC(=O)O)CCCC2. The fraction of sp³-hybridized carbons (Fsp3) is 0.562. The number of carboxylic acids is 1. The van der Waals surface area contributed by atoms with Crippen LogP contribution in [0.5, 0.6) is 5.75 Å². The minimum atomic E-state index is -0.776. The van der Waals surface area contributed by atoms with Crippen molar-refractivity contribution in [1.82, 2.24) is 0 Å². The van der Waals surface area contributed by atoms with Crippen LogP contribution in [0.25, 0.3) is 0 Å². The first-order chi connectivity index (χ1) is 9.36. The molecule has 2 rings (SSSR count). The number of aryl methyl sites for hydroxylation is 1. The molecule has 0 spiro atoms. The monoisotopic (exact) mass is 340 g/mol. The van der Waals surface area contributed by atoms with Crippen molar-refractivity contribution < 1.29 is 14.6 Å². The predicted molar refractivity (Wildman–Crippen MR) is 82.6 cm³/mol. The zero-order valence-corrected chi connectivity index (χ0v) is 13.8. The minimum Gasteiger partial charge on any atom is -0.495 e. The van der Waals surface area contributed by atoms with E-state index >= 15 is 0 Å². The molecule has 1 N–H and O–H groups in total. The first kappa shape index (κ1) is 15.4. The second kappa shape index (κ2) is 5.76. The van der Waals surface area contributed by atoms with Gasteiger partial charge in [0.1, 0.15) is 5.75 Å². The molecule has 1 aliphatic carbocycles. The topological polar surface area (TPSA) is 46.5 Å². The number of carboxylic acid groups (broad SMARTS) is 1. The van der Waals surface area contributed by atoms with Gasteiger partial charge in [-0.2, -0.15) is 0 Å². The Kier molecular flexibility index (Phi) is 4.43. The highest BCUT2D eigenvalue weighted by Crippen LogP contribution is 2.44. The van der Waals surface area contributed by atoms with Crippen molar-refractivity contribution >= 4 is 21.9 Å². The van der Waals surface area contributed by atoms with E-state index in [-0.39, 0.29) is 6.42 Å². The molecule has 0 heterocycles. The van der Waals surface area contributed by atoms with Crippen molar-refractivity contribution in [2.45, 2.75) is 51.4 Å². The molecule has 110 valence electrons. The molecule has 0 fully saturated rings. The zero-order chi connectivity index (χ0) is 14.9. The Morgan fingerprint density at radius 2 is 2.05 bits per heavy atom. The fourth-order valence-electron chi connectivity index (χ4n) is 3.23. The highest BCUT2D eigenvalue weighted by atomic mass is 79.9. The summed E-state index contributed by atoms with van der Waals surface area (Å²) in [5.41, 5.74) is 3.24. The van der Waals surface area contributed by atoms with Gasteiger partial charge in [0.2, 0.25) is 0 Å². The van der Waals surface area contributed by atoms with Gasteiger partial charge in [-0.25, -0.2) is 0 Å². The van der Waals surface area contributed by atoms with Crippen LogP contribution in [0.1, 0.15) is 49.8 Å². The van der Waals surface area contributed by atoms with Crippen molar-refractivity contribution in [3.63, 3.8) is 0 Å². The standard InChI is InChI=1S/C16H21BrO3/c1-16(2,9-13(18)19)14-11-7-5-4-6-10(11)8-12(17)15(14)20-3/h8H,4-7,9H2,1-3H3,(H,18,19). The van der Waals surface area contributed by atoms with Crippen LogP contribution in [0.2, 0.25) is 0 Å². The van der Waals surface area contributed by atoms with Gasteiger partial charge in [0.25, 0.3) is 0 Å². The van der Waals surface area contributed by atoms with E-state index < -0.39 is 11.4 Å². The van der Waals surface area contributed by atoms with Crippen LogP contribution in [0.3, 0.4) is 0 Å². The van der Waals surface area contributed by atoms with Crippen molar-refractivity contribution in [2.75, 3.05) is 7.11 Å². The third-order valence-electron chi connectivity index (χ3n) is 4.03. The molecule has 0 radical (unpaired) electrons. The van der Waals surface area contributed by atoms with Gasteiger partial charge in [0.15, 0.2) is 0 Å². The number of hydrogen-bond donors (Lipinski definition) is 1. The van der Waals surface area contributed by atoms with E-state index in [1.165, 1.54) is 17.5 Å². The van der Waals surface area contributed by atoms with Gasteiger partial charge < -0.3 is 9.84 Å². The van der Waals surface area contributed by atoms with Crippen LogP contribution in [0.4, 0.5) is 0 Å². The highest BCUT2D eigenvalue weighted by Gasteiger charge is 2.33. The smallest absolute Gasteiger partial charge is 0.304 e. The fourth-order valence-corrected chi connectivity index (χ4v) is 3.87. The molecule has 0 saturated carbocycles. The third-order valence-corrected chi connectivity index (χ3v) is 4.62. The third kappa shape index (κ3) is 2.85. The van der Waals surface area contributed by atoms with E-state index in [9.17, 15) is 9.90 Å². The Morgan fingerprint density at radius 1 is 1.40 bits per heavy atom. The zero-order valence-electron chi connectivity index (χ0n) is 12.3. The van der Waals surface area contributed by atoms with Crippen LogP contribution >= 0.6 is 15.9 Å². The lowest BCUT2D eigenvalue weighted by Gasteiger charge is -2.32. The van der Waals surface area contributed by atoms with E-state index in [1.54, 1.807) is 7.11 Å². The Hall–Kier alpha value is -1.03. The summed E-state index contributed by atoms with van der Waals surface area (Å²) in [5, 5.41) is 9.19. The second-order valence-electron chi connectivity index (χ2n) is 6.07. The molecule has 3 nitrogen and oxygen atoms in total. The maximum Gasteiger partial charge on any atom is 0.304 e. The van der Waals surface area contributed by atoms with E-state index in [2.05, 4.69) is 22.0 Å². The molecule has 1 aromatic carbocycles. The van der Waals surface area contributed by atoms with Crippen LogP contribution in [-0.2, 0) is 23.1 Å². The normalized spacial score (nSPS) is 14.8. The predicted octanol–water partition coefficient (Wildman–Crippen LogP) is 4.09. The molecular weight excluding hydrogens is 320 g/mol. The number of methoxy groups -OCH3 is 1. The number of aliphatic carboxylic acids is 1. The molecule has 0 bridgehead atoms. The lowest BCUT2D eigenvalue weighted by atomic mass is 9.74. The molecular formula is C16H21BrO3. The van der Waals surface area contributed by atoms with Gasteiger partial charge in [-0.05, 0) is 58.8 Å². The second-order valence-corrected chi connectivity index (χ2v) is 6.92. The number of hydrogen-bond acceptors (Lipinski definition) is 2. The van der Waals surface area contributed by atoms with E-state index in [0.29, 0.717) is 0 Å². The van der Waals surface area contributed by atoms with Crippen molar-refractivity contribution in [3.8, 4) is 5.75 Å². The molecule has 1 aromatic rings. The van der Waals surface area contributed by atoms with Gasteiger partial charge >= 0.3 is 5.97 Å². The van der Waals surface area contributed by atoms with Crippen LogP contribution in [0.15, 0.2) is 10.5 Å². The number of rotatable bonds is 4. The summed E-state index contributed by atoms with van der Waals surface area (Å²) >= 11 is 3.57. The van der Waals surface area contributed by atoms with Crippen molar-refractivity contribution in [2.24, 2.45) is 0 Å². The highest BCUT2D eigenvalue weighted by molar-refractivity contribution is 9.10. The summed E-state index contributed by atoms with van der Waals surface area (Å²) in [6.07, 6.45) is 4.54. The number of carbonyl (C=O) groups is 1. The molecule has 1 aliphatic rings. The molecule has 0 amide bonds. The van der Waals surface area contributed by atoms with E-state index in [4.69, 9.17) is 4.74 Å². The van der Waals surface area contributed by atoms with Crippen LogP contribution < -0.4 is 4.74 Å². The van der Waals surface area contributed by atoms with E-state index in [1.807, 2.05) is 13.8 Å². The Bertz CT molecular complexity index is 535. The Balaban J connectivity index is 2.65. The number of halogens is 1. The van der Waals surface area contributed by atoms with E-state index in [0.717, 1.165) is 35.0 Å². The summed E-state index contributed by atoms with van der Waals surface area (Å²) in [6, 6.07) is 2.13. The maximum absolute atomic E-state index is 11.2. The summed E-state index contributed by atoms with van der Waals surface area (Å²) in [6.45, 7) is 3.97. The van der Waals surface area contributed by atoms with Crippen LogP contribution in [0, 0.1) is 0 Å². The first-order valence-corrected chi connectivity index (χ1v) is 7.76. The quantitative estimate of drug-likeness (QED) is 0.897. The lowest BCUT2D eigenvalue weighted by Crippen LogP contribution is -2.26. The average molecular weight is 341 g/mol. The van der Waals surface area contributed by atoms with Gasteiger partial charge in [-0.15, -0.1) is 0 Å². The number of fused-ring (bicyclic) bond motifs is 1. The van der Waals surface area contributed by atoms with Gasteiger partial charge in [0, 0.05) is 11.0 Å².